The average Bonchev–Trinajstić information content (AvgIpc) is 2.55. The van der Waals surface area contributed by atoms with Gasteiger partial charge in [0.2, 0.25) is 0 Å². The Labute approximate surface area is 161 Å². The molecular weight excluding hydrogens is 404 g/mol. The second-order valence-electron chi connectivity index (χ2n) is 7.38. The predicted molar refractivity (Wildman–Crippen MR) is 105 cm³/mol. The summed E-state index contributed by atoms with van der Waals surface area (Å²) in [7, 11) is 0.307. The van der Waals surface area contributed by atoms with E-state index in [2.05, 4.69) is 22.0 Å². The Morgan fingerprint density at radius 1 is 1.48 bits per heavy atom. The van der Waals surface area contributed by atoms with Crippen molar-refractivity contribution in [2.75, 3.05) is 20.3 Å². The minimum atomic E-state index is -1.38. The van der Waals surface area contributed by atoms with Crippen LogP contribution < -0.4 is 5.14 Å². The van der Waals surface area contributed by atoms with Crippen LogP contribution in [0.2, 0.25) is 0 Å². The fraction of sp³-hybridized carbons (Fsp3) is 0.722. The van der Waals surface area contributed by atoms with E-state index in [-0.39, 0.29) is 5.92 Å². The van der Waals surface area contributed by atoms with Crippen LogP contribution in [0.5, 0.6) is 0 Å². The summed E-state index contributed by atoms with van der Waals surface area (Å²) in [5.74, 6) is 0.797. The van der Waals surface area contributed by atoms with E-state index in [1.54, 1.807) is 7.11 Å². The minimum absolute atomic E-state index is 0.198. The molecule has 1 aromatic rings. The van der Waals surface area contributed by atoms with Crippen molar-refractivity contribution in [2.45, 2.75) is 56.8 Å². The van der Waals surface area contributed by atoms with Crippen LogP contribution >= 0.6 is 15.9 Å². The molecule has 25 heavy (non-hydrogen) atoms. The van der Waals surface area contributed by atoms with Crippen LogP contribution in [0.15, 0.2) is 16.7 Å². The van der Waals surface area contributed by atoms with E-state index in [9.17, 15) is 4.21 Å². The summed E-state index contributed by atoms with van der Waals surface area (Å²) < 4.78 is 23.4. The van der Waals surface area contributed by atoms with E-state index in [0.29, 0.717) is 12.5 Å². The Hall–Kier alpha value is -0.340. The highest BCUT2D eigenvalue weighted by atomic mass is 79.9. The molecule has 142 valence electrons. The zero-order chi connectivity index (χ0) is 18.4. The van der Waals surface area contributed by atoms with Gasteiger partial charge in [0.05, 0.1) is 22.3 Å². The lowest BCUT2D eigenvalue weighted by atomic mass is 9.81. The largest absolute Gasteiger partial charge is 0.381 e. The van der Waals surface area contributed by atoms with Crippen molar-refractivity contribution in [1.82, 2.24) is 4.98 Å². The molecule has 0 bridgehead atoms. The van der Waals surface area contributed by atoms with Crippen LogP contribution in [0.3, 0.4) is 0 Å². The molecule has 0 radical (unpaired) electrons. The molecule has 1 unspecified atom stereocenters. The van der Waals surface area contributed by atoms with Gasteiger partial charge in [-0.15, -0.1) is 0 Å². The fourth-order valence-corrected chi connectivity index (χ4v) is 4.23. The van der Waals surface area contributed by atoms with Gasteiger partial charge < -0.3 is 9.47 Å². The highest BCUT2D eigenvalue weighted by Crippen LogP contribution is 2.37. The number of hydrogen-bond donors (Lipinski definition) is 1. The fourth-order valence-electron chi connectivity index (χ4n) is 3.48. The molecule has 7 heteroatoms. The van der Waals surface area contributed by atoms with Crippen LogP contribution in [0, 0.1) is 5.92 Å². The standard InChI is InChI=1S/C18H29BrN2O3S/c1-18(2,25(20)22)10-14(8-13-4-6-24-7-5-13)17-15(12-23-3)9-16(19)11-21-17/h9,11,13-14H,4-8,10,12,20H2,1-3H3/t14-,25?/m0/s1. The number of nitrogens with two attached hydrogens (primary N) is 1. The molecule has 2 N–H and O–H groups in total. The first kappa shape index (κ1) is 21.0. The van der Waals surface area contributed by atoms with Gasteiger partial charge in [-0.05, 0) is 67.4 Å². The van der Waals surface area contributed by atoms with E-state index in [4.69, 9.17) is 19.6 Å². The summed E-state index contributed by atoms with van der Waals surface area (Å²) in [5.41, 5.74) is 2.11. The molecule has 1 saturated heterocycles. The van der Waals surface area contributed by atoms with Crippen LogP contribution in [0.25, 0.3) is 0 Å². The molecule has 1 aromatic heterocycles. The molecule has 2 atom stereocenters. The van der Waals surface area contributed by atoms with Crippen molar-refractivity contribution in [3.63, 3.8) is 0 Å². The van der Waals surface area contributed by atoms with Gasteiger partial charge in [0.25, 0.3) is 0 Å². The van der Waals surface area contributed by atoms with Gasteiger partial charge >= 0.3 is 0 Å². The summed E-state index contributed by atoms with van der Waals surface area (Å²) in [6.45, 7) is 6.09. The third-order valence-electron chi connectivity index (χ3n) is 4.90. The maximum atomic E-state index is 12.0. The highest BCUT2D eigenvalue weighted by Gasteiger charge is 2.32. The van der Waals surface area contributed by atoms with E-state index in [1.165, 1.54) is 0 Å². The zero-order valence-electron chi connectivity index (χ0n) is 15.3. The lowest BCUT2D eigenvalue weighted by Gasteiger charge is -2.32. The Morgan fingerprint density at radius 3 is 2.76 bits per heavy atom. The molecule has 1 fully saturated rings. The second kappa shape index (κ2) is 9.55. The quantitative estimate of drug-likeness (QED) is 0.679. The van der Waals surface area contributed by atoms with Crippen molar-refractivity contribution in [3.05, 3.63) is 28.0 Å². The molecule has 1 aliphatic heterocycles. The maximum absolute atomic E-state index is 12.0. The van der Waals surface area contributed by atoms with Crippen LogP contribution in [0.4, 0.5) is 0 Å². The van der Waals surface area contributed by atoms with E-state index in [1.807, 2.05) is 20.0 Å². The number of halogens is 1. The smallest absolute Gasteiger partial charge is 0.0945 e. The van der Waals surface area contributed by atoms with E-state index in [0.717, 1.165) is 54.6 Å². The molecule has 2 rings (SSSR count). The van der Waals surface area contributed by atoms with Gasteiger partial charge in [-0.25, -0.2) is 4.21 Å². The van der Waals surface area contributed by atoms with Gasteiger partial charge in [0.1, 0.15) is 0 Å². The number of ether oxygens (including phenoxy) is 2. The topological polar surface area (TPSA) is 74.4 Å². The van der Waals surface area contributed by atoms with Crippen LogP contribution in [-0.4, -0.2) is 34.3 Å². The van der Waals surface area contributed by atoms with Gasteiger partial charge in [0, 0.05) is 48.2 Å². The first-order valence-electron chi connectivity index (χ1n) is 8.70. The number of rotatable bonds is 8. The van der Waals surface area contributed by atoms with Crippen molar-refractivity contribution in [1.29, 1.82) is 0 Å². The average molecular weight is 433 g/mol. The van der Waals surface area contributed by atoms with Gasteiger partial charge in [0.15, 0.2) is 0 Å². The minimum Gasteiger partial charge on any atom is -0.381 e. The van der Waals surface area contributed by atoms with Crippen molar-refractivity contribution < 1.29 is 13.7 Å². The lowest BCUT2D eigenvalue weighted by molar-refractivity contribution is 0.0608. The third kappa shape index (κ3) is 6.10. The van der Waals surface area contributed by atoms with E-state index >= 15 is 0 Å². The first-order valence-corrected chi connectivity index (χ1v) is 10.7. The first-order chi connectivity index (χ1) is 11.8. The normalized spacial score (nSPS) is 18.9. The molecule has 0 amide bonds. The second-order valence-corrected chi connectivity index (χ2v) is 10.00. The summed E-state index contributed by atoms with van der Waals surface area (Å²) in [5, 5.41) is 5.75. The van der Waals surface area contributed by atoms with Gasteiger partial charge in [-0.3, -0.25) is 10.1 Å². The number of hydrogen-bond acceptors (Lipinski definition) is 4. The molecule has 0 spiro atoms. The Balaban J connectivity index is 2.31. The molecule has 0 aromatic carbocycles. The van der Waals surface area contributed by atoms with Crippen molar-refractivity contribution in [2.24, 2.45) is 11.1 Å². The number of aromatic nitrogens is 1. The molecule has 2 heterocycles. The number of pyridine rings is 1. The Morgan fingerprint density at radius 2 is 2.16 bits per heavy atom. The number of nitrogens with zero attached hydrogens (tertiary/aromatic N) is 1. The van der Waals surface area contributed by atoms with Crippen molar-refractivity contribution >= 4 is 26.9 Å². The van der Waals surface area contributed by atoms with E-state index < -0.39 is 15.7 Å². The zero-order valence-corrected chi connectivity index (χ0v) is 17.7. The molecular formula is C18H29BrN2O3S. The predicted octanol–water partition coefficient (Wildman–Crippen LogP) is 3.68. The van der Waals surface area contributed by atoms with Crippen molar-refractivity contribution in [3.8, 4) is 0 Å². The third-order valence-corrected chi connectivity index (χ3v) is 6.59. The van der Waals surface area contributed by atoms with Gasteiger partial charge in [-0.2, -0.15) is 0 Å². The lowest BCUT2D eigenvalue weighted by Crippen LogP contribution is -2.34. The summed E-state index contributed by atoms with van der Waals surface area (Å²) >= 11 is 3.50. The highest BCUT2D eigenvalue weighted by molar-refractivity contribution is 9.10. The van der Waals surface area contributed by atoms with Crippen LogP contribution in [-0.2, 0) is 27.1 Å². The molecule has 5 nitrogen and oxygen atoms in total. The summed E-state index contributed by atoms with van der Waals surface area (Å²) in [4.78, 5) is 4.71. The maximum Gasteiger partial charge on any atom is 0.0945 e. The number of methoxy groups -OCH3 is 1. The summed E-state index contributed by atoms with van der Waals surface area (Å²) in [6, 6.07) is 2.06. The van der Waals surface area contributed by atoms with Crippen LogP contribution in [0.1, 0.15) is 56.7 Å². The Kier molecular flexibility index (Phi) is 8.01. The van der Waals surface area contributed by atoms with Gasteiger partial charge in [-0.1, -0.05) is 0 Å². The Bertz CT molecular complexity index is 592. The SMILES string of the molecule is COCc1cc(Br)cnc1[C@@H](CC1CCOCC1)CC(C)(C)S(N)=O. The molecule has 0 saturated carbocycles. The monoisotopic (exact) mass is 432 g/mol. The summed E-state index contributed by atoms with van der Waals surface area (Å²) in [6.07, 6.45) is 5.71. The molecule has 0 aliphatic carbocycles. The molecule has 1 aliphatic rings.